The summed E-state index contributed by atoms with van der Waals surface area (Å²) in [7, 11) is 0. The van der Waals surface area contributed by atoms with Gasteiger partial charge in [0, 0.05) is 49.9 Å². The van der Waals surface area contributed by atoms with Crippen molar-refractivity contribution in [3.63, 3.8) is 0 Å². The zero-order chi connectivity index (χ0) is 20.4. The van der Waals surface area contributed by atoms with Crippen molar-refractivity contribution in [3.8, 4) is 0 Å². The van der Waals surface area contributed by atoms with E-state index in [1.807, 2.05) is 18.2 Å². The van der Waals surface area contributed by atoms with Crippen LogP contribution in [0, 0.1) is 17.8 Å². The first-order chi connectivity index (χ1) is 14.0. The Morgan fingerprint density at radius 2 is 2.07 bits per heavy atom. The van der Waals surface area contributed by atoms with E-state index in [4.69, 9.17) is 0 Å². The van der Waals surface area contributed by atoms with Crippen molar-refractivity contribution >= 4 is 11.8 Å². The minimum Gasteiger partial charge on any atom is -0.342 e. The number of rotatable bonds is 6. The minimum absolute atomic E-state index is 0.253. The number of aromatic nitrogens is 1. The lowest BCUT2D eigenvalue weighted by Gasteiger charge is -2.57. The second-order valence-electron chi connectivity index (χ2n) is 9.67. The molecule has 0 N–H and O–H groups in total. The third kappa shape index (κ3) is 4.49. The zero-order valence-electron chi connectivity index (χ0n) is 17.9. The Labute approximate surface area is 174 Å². The Morgan fingerprint density at radius 1 is 1.24 bits per heavy atom. The van der Waals surface area contributed by atoms with Crippen molar-refractivity contribution in [1.29, 1.82) is 0 Å². The van der Waals surface area contributed by atoms with E-state index in [0.29, 0.717) is 55.0 Å². The molecule has 2 bridgehead atoms. The van der Waals surface area contributed by atoms with E-state index in [2.05, 4.69) is 28.6 Å². The van der Waals surface area contributed by atoms with Crippen LogP contribution in [0.2, 0.25) is 0 Å². The molecule has 1 aromatic rings. The van der Waals surface area contributed by atoms with Crippen LogP contribution in [0.4, 0.5) is 0 Å². The molecule has 0 spiro atoms. The molecule has 4 rings (SSSR count). The first-order valence-electron chi connectivity index (χ1n) is 11.5. The number of carbonyl (C=O) groups is 2. The van der Waals surface area contributed by atoms with Crippen LogP contribution in [0.3, 0.4) is 0 Å². The molecule has 3 saturated heterocycles. The fraction of sp³-hybridized carbons (Fsp3) is 0.708. The quantitative estimate of drug-likeness (QED) is 0.736. The first-order valence-corrected chi connectivity index (χ1v) is 11.5. The van der Waals surface area contributed by atoms with Crippen LogP contribution in [0.5, 0.6) is 0 Å². The van der Waals surface area contributed by atoms with E-state index in [-0.39, 0.29) is 5.91 Å². The zero-order valence-corrected chi connectivity index (χ0v) is 17.9. The molecule has 4 atom stereocenters. The summed E-state index contributed by atoms with van der Waals surface area (Å²) < 4.78 is 0. The number of fused-ring (bicyclic) bond motifs is 4. The van der Waals surface area contributed by atoms with Crippen molar-refractivity contribution in [1.82, 2.24) is 14.8 Å². The highest BCUT2D eigenvalue weighted by atomic mass is 16.2. The SMILES string of the molecule is CC(C)CC[C@H]1[C@H]2C[C@H](CN(C(=O)CCc3ccccn3)C2)[C@@H]2CCCC(=O)N21. The van der Waals surface area contributed by atoms with Crippen molar-refractivity contribution in [2.75, 3.05) is 13.1 Å². The second-order valence-corrected chi connectivity index (χ2v) is 9.67. The van der Waals surface area contributed by atoms with Gasteiger partial charge in [-0.05, 0) is 68.4 Å². The summed E-state index contributed by atoms with van der Waals surface area (Å²) in [4.78, 5) is 34.6. The third-order valence-electron chi connectivity index (χ3n) is 7.21. The van der Waals surface area contributed by atoms with E-state index in [1.165, 1.54) is 6.42 Å². The Kier molecular flexibility index (Phi) is 6.21. The molecule has 0 radical (unpaired) electrons. The lowest BCUT2D eigenvalue weighted by Crippen LogP contribution is -2.65. The van der Waals surface area contributed by atoms with Gasteiger partial charge >= 0.3 is 0 Å². The molecule has 3 fully saturated rings. The minimum atomic E-state index is 0.253. The van der Waals surface area contributed by atoms with E-state index < -0.39 is 0 Å². The van der Waals surface area contributed by atoms with Gasteiger partial charge in [-0.2, -0.15) is 0 Å². The second kappa shape index (κ2) is 8.85. The number of pyridine rings is 1. The normalized spacial score (nSPS) is 29.1. The number of carbonyl (C=O) groups excluding carboxylic acids is 2. The largest absolute Gasteiger partial charge is 0.342 e. The molecule has 3 aliphatic heterocycles. The van der Waals surface area contributed by atoms with E-state index in [9.17, 15) is 9.59 Å². The highest BCUT2D eigenvalue weighted by molar-refractivity contribution is 5.79. The topological polar surface area (TPSA) is 53.5 Å². The summed E-state index contributed by atoms with van der Waals surface area (Å²) >= 11 is 0. The van der Waals surface area contributed by atoms with Crippen LogP contribution >= 0.6 is 0 Å². The Morgan fingerprint density at radius 3 is 2.83 bits per heavy atom. The molecular formula is C24H35N3O2. The molecule has 29 heavy (non-hydrogen) atoms. The highest BCUT2D eigenvalue weighted by Crippen LogP contribution is 2.43. The lowest BCUT2D eigenvalue weighted by molar-refractivity contribution is -0.156. The fourth-order valence-corrected chi connectivity index (χ4v) is 5.79. The molecule has 5 heteroatoms. The molecule has 1 aromatic heterocycles. The molecule has 0 aromatic carbocycles. The Hall–Kier alpha value is -1.91. The van der Waals surface area contributed by atoms with Gasteiger partial charge in [0.1, 0.15) is 0 Å². The predicted molar refractivity (Wildman–Crippen MR) is 113 cm³/mol. The molecule has 4 heterocycles. The predicted octanol–water partition coefficient (Wildman–Crippen LogP) is 3.68. The van der Waals surface area contributed by atoms with Crippen molar-refractivity contribution in [2.45, 2.75) is 77.3 Å². The maximum absolute atomic E-state index is 13.0. The summed E-state index contributed by atoms with van der Waals surface area (Å²) in [6, 6.07) is 6.54. The van der Waals surface area contributed by atoms with Gasteiger partial charge in [0.05, 0.1) is 0 Å². The number of aryl methyl sites for hydroxylation is 1. The highest BCUT2D eigenvalue weighted by Gasteiger charge is 2.49. The van der Waals surface area contributed by atoms with Gasteiger partial charge in [0.15, 0.2) is 0 Å². The molecule has 0 aliphatic carbocycles. The van der Waals surface area contributed by atoms with E-state index in [0.717, 1.165) is 44.5 Å². The summed E-state index contributed by atoms with van der Waals surface area (Å²) in [6.07, 6.45) is 9.25. The molecular weight excluding hydrogens is 362 g/mol. The Bertz CT molecular complexity index is 720. The van der Waals surface area contributed by atoms with Crippen LogP contribution < -0.4 is 0 Å². The van der Waals surface area contributed by atoms with Gasteiger partial charge in [-0.25, -0.2) is 0 Å². The van der Waals surface area contributed by atoms with E-state index >= 15 is 0 Å². The molecule has 0 saturated carbocycles. The van der Waals surface area contributed by atoms with Crippen LogP contribution in [0.15, 0.2) is 24.4 Å². The van der Waals surface area contributed by atoms with Gasteiger partial charge in [-0.15, -0.1) is 0 Å². The van der Waals surface area contributed by atoms with Gasteiger partial charge in [-0.1, -0.05) is 19.9 Å². The average molecular weight is 398 g/mol. The van der Waals surface area contributed by atoms with Crippen LogP contribution in [0.25, 0.3) is 0 Å². The third-order valence-corrected chi connectivity index (χ3v) is 7.21. The van der Waals surface area contributed by atoms with Gasteiger partial charge in [0.25, 0.3) is 0 Å². The standard InChI is InChI=1S/C24H35N3O2/c1-17(2)9-11-22-19-14-18(21-7-5-8-24(29)27(21)22)15-26(16-19)23(28)12-10-20-6-3-4-13-25-20/h3-4,6,13,17-19,21-22H,5,7-12,14-16H2,1-2H3/t18-,19+,21+,22+/m1/s1. The molecule has 0 unspecified atom stereocenters. The summed E-state index contributed by atoms with van der Waals surface area (Å²) in [5.74, 6) is 2.14. The Balaban J connectivity index is 1.46. The van der Waals surface area contributed by atoms with Crippen LogP contribution in [0.1, 0.15) is 64.5 Å². The van der Waals surface area contributed by atoms with Crippen molar-refractivity contribution < 1.29 is 9.59 Å². The smallest absolute Gasteiger partial charge is 0.223 e. The van der Waals surface area contributed by atoms with Crippen molar-refractivity contribution in [2.24, 2.45) is 17.8 Å². The number of amides is 2. The number of hydrogen-bond acceptors (Lipinski definition) is 3. The maximum atomic E-state index is 13.0. The number of hydrogen-bond donors (Lipinski definition) is 0. The van der Waals surface area contributed by atoms with Gasteiger partial charge in [0.2, 0.25) is 11.8 Å². The summed E-state index contributed by atoms with van der Waals surface area (Å²) in [6.45, 7) is 6.16. The maximum Gasteiger partial charge on any atom is 0.223 e. The van der Waals surface area contributed by atoms with E-state index in [1.54, 1.807) is 6.20 Å². The van der Waals surface area contributed by atoms with Crippen LogP contribution in [-0.2, 0) is 16.0 Å². The van der Waals surface area contributed by atoms with Gasteiger partial charge in [-0.3, -0.25) is 14.6 Å². The van der Waals surface area contributed by atoms with Crippen LogP contribution in [-0.4, -0.2) is 51.8 Å². The summed E-state index contributed by atoms with van der Waals surface area (Å²) in [5.41, 5.74) is 0.983. The fourth-order valence-electron chi connectivity index (χ4n) is 5.79. The average Bonchev–Trinajstić information content (AvgIpc) is 2.73. The number of nitrogens with zero attached hydrogens (tertiary/aromatic N) is 3. The first kappa shape index (κ1) is 20.4. The summed E-state index contributed by atoms with van der Waals surface area (Å²) in [5, 5.41) is 0. The monoisotopic (exact) mass is 397 g/mol. The molecule has 2 amide bonds. The molecule has 5 nitrogen and oxygen atoms in total. The molecule has 3 aliphatic rings. The number of piperidine rings is 3. The lowest BCUT2D eigenvalue weighted by atomic mass is 9.70. The van der Waals surface area contributed by atoms with Gasteiger partial charge < -0.3 is 9.80 Å². The van der Waals surface area contributed by atoms with Crippen molar-refractivity contribution in [3.05, 3.63) is 30.1 Å². The molecule has 158 valence electrons. The number of likely N-dealkylation sites (tertiary alicyclic amines) is 1.